The van der Waals surface area contributed by atoms with Crippen molar-refractivity contribution in [3.8, 4) is 0 Å². The summed E-state index contributed by atoms with van der Waals surface area (Å²) in [4.78, 5) is 0. The van der Waals surface area contributed by atoms with Crippen molar-refractivity contribution in [3.05, 3.63) is 145 Å². The van der Waals surface area contributed by atoms with Gasteiger partial charge >= 0.3 is 0 Å². The smallest absolute Gasteiger partial charge is 0.0844 e. The SMILES string of the molecule is C.C.C.C.C.C.C.C.C.C.C.C.C=CC(CC/C=C/CCC1OC1CCC(C)c1ccccc1)CC(C)c1ccccc1.CC/C=C/CCC1OC1CCC(C)c1ccccc1. The molecule has 3 aromatic rings. The molecule has 62 heavy (non-hydrogen) atoms. The number of hydrogen-bond donors (Lipinski definition) is 0. The third-order valence-corrected chi connectivity index (χ3v) is 10.7. The average Bonchev–Trinajstić information content (AvgIpc) is 4.10. The van der Waals surface area contributed by atoms with Gasteiger partial charge in [0.05, 0.1) is 24.4 Å². The van der Waals surface area contributed by atoms with Crippen LogP contribution in [0.2, 0.25) is 0 Å². The van der Waals surface area contributed by atoms with Crippen LogP contribution in [0.15, 0.2) is 128 Å². The van der Waals surface area contributed by atoms with Gasteiger partial charge in [-0.25, -0.2) is 0 Å². The van der Waals surface area contributed by atoms with Crippen LogP contribution in [0.5, 0.6) is 0 Å². The molecule has 0 saturated carbocycles. The molecule has 2 fully saturated rings. The van der Waals surface area contributed by atoms with E-state index in [2.05, 4.69) is 156 Å². The van der Waals surface area contributed by atoms with Crippen molar-refractivity contribution < 1.29 is 9.47 Å². The van der Waals surface area contributed by atoms with Crippen molar-refractivity contribution in [2.75, 3.05) is 0 Å². The predicted molar refractivity (Wildman–Crippen MR) is 296 cm³/mol. The second-order valence-corrected chi connectivity index (χ2v) is 14.8. The van der Waals surface area contributed by atoms with Gasteiger partial charge < -0.3 is 9.47 Å². The molecule has 5 rings (SSSR count). The molecule has 0 aromatic heterocycles. The highest BCUT2D eigenvalue weighted by Gasteiger charge is 2.38. The van der Waals surface area contributed by atoms with E-state index >= 15 is 0 Å². The molecule has 3 aromatic carbocycles. The van der Waals surface area contributed by atoms with Crippen LogP contribution in [0.3, 0.4) is 0 Å². The molecule has 0 aliphatic carbocycles. The molecule has 0 bridgehead atoms. The molecule has 2 aliphatic rings. The van der Waals surface area contributed by atoms with E-state index in [1.54, 1.807) is 0 Å². The highest BCUT2D eigenvalue weighted by Crippen LogP contribution is 2.35. The zero-order valence-corrected chi connectivity index (χ0v) is 31.7. The van der Waals surface area contributed by atoms with E-state index < -0.39 is 0 Å². The number of rotatable bonds is 22. The number of benzene rings is 3. The van der Waals surface area contributed by atoms with Crippen LogP contribution >= 0.6 is 0 Å². The molecule has 2 nitrogen and oxygen atoms in total. The lowest BCUT2D eigenvalue weighted by Gasteiger charge is -2.17. The van der Waals surface area contributed by atoms with Crippen molar-refractivity contribution in [3.63, 3.8) is 0 Å². The first-order valence-electron chi connectivity index (χ1n) is 19.9. The summed E-state index contributed by atoms with van der Waals surface area (Å²) in [5.74, 6) is 2.43. The summed E-state index contributed by atoms with van der Waals surface area (Å²) in [6.45, 7) is 13.2. The topological polar surface area (TPSA) is 25.1 Å². The van der Waals surface area contributed by atoms with Gasteiger partial charge in [0.2, 0.25) is 0 Å². The van der Waals surface area contributed by atoms with Crippen LogP contribution in [0.4, 0.5) is 0 Å². The summed E-state index contributed by atoms with van der Waals surface area (Å²) in [5.41, 5.74) is 4.33. The van der Waals surface area contributed by atoms with Gasteiger partial charge in [-0.15, -0.1) is 6.58 Å². The Morgan fingerprint density at radius 2 is 0.758 bits per heavy atom. The molecule has 2 saturated heterocycles. The summed E-state index contributed by atoms with van der Waals surface area (Å²) in [6.07, 6.45) is 27.6. The van der Waals surface area contributed by atoms with Crippen molar-refractivity contribution in [1.82, 2.24) is 0 Å². The van der Waals surface area contributed by atoms with Crippen LogP contribution in [0, 0.1) is 5.92 Å². The van der Waals surface area contributed by atoms with Gasteiger partial charge in [0, 0.05) is 0 Å². The Morgan fingerprint density at radius 3 is 1.11 bits per heavy atom. The van der Waals surface area contributed by atoms with E-state index in [4.69, 9.17) is 9.47 Å². The zero-order chi connectivity index (χ0) is 35.4. The first-order chi connectivity index (χ1) is 24.5. The number of hydrogen-bond acceptors (Lipinski definition) is 2. The first-order valence-corrected chi connectivity index (χ1v) is 19.9. The second-order valence-electron chi connectivity index (χ2n) is 14.8. The van der Waals surface area contributed by atoms with E-state index in [0.717, 1.165) is 25.7 Å². The quantitative estimate of drug-likeness (QED) is 0.0742. The molecule has 0 radical (unpaired) electrons. The average molecular weight is 868 g/mol. The Balaban J connectivity index is -0.000000116. The molecule has 2 heterocycles. The number of epoxide rings is 2. The monoisotopic (exact) mass is 867 g/mol. The molecular formula is C60H114O2. The predicted octanol–water partition coefficient (Wildman–Crippen LogP) is 21.2. The number of ether oxygens (including phenoxy) is 2. The molecule has 366 valence electrons. The van der Waals surface area contributed by atoms with E-state index in [9.17, 15) is 0 Å². The summed E-state index contributed by atoms with van der Waals surface area (Å²) < 4.78 is 11.7. The Morgan fingerprint density at radius 1 is 0.435 bits per heavy atom. The number of allylic oxidation sites excluding steroid dienone is 5. The standard InChI is InChI=1S/C30H40O.C18H26O.12CH4/c1-4-26(23-25(3)28-18-12-8-13-19-28)15-9-5-6-14-20-29-30(31-29)22-21-24(2)27-16-10-7-11-17-27;1-3-4-5-9-12-17-18(19-17)14-13-15(2)16-10-7-6-8-11-16;;;;;;;;;;;;/h4-8,10-13,16-19,24-26,29-30H,1,9,14-15,20-23H2,2-3H3;4-8,10-11,15,17-18H,3,9,12-14H2,1-2H3;12*1H4/b6-5+;5-4+;;;;;;;;;;;;. The Kier molecular flexibility index (Phi) is 58.5. The molecule has 2 aliphatic heterocycles. The fraction of sp³-hybridized carbons (Fsp3) is 0.600. The lowest BCUT2D eigenvalue weighted by molar-refractivity contribution is 0.351. The summed E-state index contributed by atoms with van der Waals surface area (Å²) >= 11 is 0. The van der Waals surface area contributed by atoms with Gasteiger partial charge in [-0.3, -0.25) is 0 Å². The minimum absolute atomic E-state index is 0. The zero-order valence-electron chi connectivity index (χ0n) is 31.7. The van der Waals surface area contributed by atoms with Crippen molar-refractivity contribution >= 4 is 0 Å². The van der Waals surface area contributed by atoms with Gasteiger partial charge in [0.25, 0.3) is 0 Å². The Labute approximate surface area is 394 Å². The maximum atomic E-state index is 5.90. The Hall–Kier alpha value is -3.20. The molecule has 2 heteroatoms. The molecule has 8 atom stereocenters. The minimum atomic E-state index is 0. The summed E-state index contributed by atoms with van der Waals surface area (Å²) in [7, 11) is 0. The third-order valence-electron chi connectivity index (χ3n) is 10.7. The fourth-order valence-electron chi connectivity index (χ4n) is 7.15. The van der Waals surface area contributed by atoms with E-state index in [0.29, 0.717) is 48.1 Å². The third kappa shape index (κ3) is 30.8. The van der Waals surface area contributed by atoms with Crippen LogP contribution in [0.1, 0.15) is 228 Å². The summed E-state index contributed by atoms with van der Waals surface area (Å²) in [6, 6.07) is 32.5. The van der Waals surface area contributed by atoms with Gasteiger partial charge in [-0.2, -0.15) is 0 Å². The van der Waals surface area contributed by atoms with Gasteiger partial charge in [-0.05, 0) is 117 Å². The minimum Gasteiger partial charge on any atom is -0.370 e. The van der Waals surface area contributed by atoms with Gasteiger partial charge in [0.15, 0.2) is 0 Å². The van der Waals surface area contributed by atoms with Crippen LogP contribution < -0.4 is 0 Å². The van der Waals surface area contributed by atoms with E-state index in [1.807, 2.05) is 0 Å². The van der Waals surface area contributed by atoms with Crippen molar-refractivity contribution in [2.45, 2.75) is 236 Å². The van der Waals surface area contributed by atoms with Gasteiger partial charge in [-0.1, -0.05) is 238 Å². The molecule has 8 unspecified atom stereocenters. The molecule has 0 spiro atoms. The van der Waals surface area contributed by atoms with Crippen LogP contribution in [-0.2, 0) is 9.47 Å². The van der Waals surface area contributed by atoms with E-state index in [-0.39, 0.29) is 89.1 Å². The lowest BCUT2D eigenvalue weighted by atomic mass is 9.88. The normalized spacial score (nSPS) is 17.7. The highest BCUT2D eigenvalue weighted by molar-refractivity contribution is 5.20. The molecule has 0 amide bonds. The maximum Gasteiger partial charge on any atom is 0.0844 e. The van der Waals surface area contributed by atoms with E-state index in [1.165, 1.54) is 68.1 Å². The van der Waals surface area contributed by atoms with Crippen molar-refractivity contribution in [2.24, 2.45) is 5.92 Å². The highest BCUT2D eigenvalue weighted by atomic mass is 16.6. The maximum absolute atomic E-state index is 5.90. The lowest BCUT2D eigenvalue weighted by Crippen LogP contribution is -2.03. The Bertz CT molecular complexity index is 1360. The first kappa shape index (κ1) is 79.2. The van der Waals surface area contributed by atoms with Crippen molar-refractivity contribution in [1.29, 1.82) is 0 Å². The molecular weight excluding hydrogens is 753 g/mol. The van der Waals surface area contributed by atoms with Crippen LogP contribution in [-0.4, -0.2) is 24.4 Å². The fourth-order valence-corrected chi connectivity index (χ4v) is 7.15. The van der Waals surface area contributed by atoms with Gasteiger partial charge in [0.1, 0.15) is 0 Å². The second kappa shape index (κ2) is 45.8. The summed E-state index contributed by atoms with van der Waals surface area (Å²) in [5, 5.41) is 0. The largest absolute Gasteiger partial charge is 0.370 e. The molecule has 0 N–H and O–H groups in total. The van der Waals surface area contributed by atoms with Crippen LogP contribution in [0.25, 0.3) is 0 Å².